The van der Waals surface area contributed by atoms with E-state index in [1.807, 2.05) is 13.8 Å². The quantitative estimate of drug-likeness (QED) is 0.507. The summed E-state index contributed by atoms with van der Waals surface area (Å²) in [4.78, 5) is 0. The SMILES string of the molecule is CC#CC(C)(C)C.CC#CC(C)(C)C. The molecular formula is C14H24. The fourth-order valence-electron chi connectivity index (χ4n) is 0.750. The average molecular weight is 192 g/mol. The van der Waals surface area contributed by atoms with Gasteiger partial charge in [-0.1, -0.05) is 11.8 Å². The van der Waals surface area contributed by atoms with E-state index in [0.29, 0.717) is 0 Å². The van der Waals surface area contributed by atoms with Crippen molar-refractivity contribution in [3.05, 3.63) is 0 Å². The smallest absolute Gasteiger partial charge is 0.0230 e. The van der Waals surface area contributed by atoms with E-state index in [2.05, 4.69) is 65.2 Å². The lowest BCUT2D eigenvalue weighted by atomic mass is 9.98. The van der Waals surface area contributed by atoms with Gasteiger partial charge in [0, 0.05) is 10.8 Å². The van der Waals surface area contributed by atoms with E-state index in [1.54, 1.807) is 0 Å². The van der Waals surface area contributed by atoms with Crippen LogP contribution >= 0.6 is 0 Å². The molecule has 0 N–H and O–H groups in total. The molecule has 0 radical (unpaired) electrons. The van der Waals surface area contributed by atoms with Crippen molar-refractivity contribution in [2.24, 2.45) is 10.8 Å². The maximum Gasteiger partial charge on any atom is 0.0230 e. The molecule has 0 aromatic heterocycles. The highest BCUT2D eigenvalue weighted by Gasteiger charge is 2.02. The molecule has 80 valence electrons. The monoisotopic (exact) mass is 192 g/mol. The first-order valence-corrected chi connectivity index (χ1v) is 5.00. The molecule has 0 nitrogen and oxygen atoms in total. The molecular weight excluding hydrogens is 168 g/mol. The zero-order chi connectivity index (χ0) is 11.8. The third-order valence-electron chi connectivity index (χ3n) is 1.00. The van der Waals surface area contributed by atoms with Gasteiger partial charge in [-0.15, -0.1) is 11.8 Å². The highest BCUT2D eigenvalue weighted by atomic mass is 14.0. The van der Waals surface area contributed by atoms with Gasteiger partial charge in [-0.3, -0.25) is 0 Å². The second kappa shape index (κ2) is 6.56. The lowest BCUT2D eigenvalue weighted by Gasteiger charge is -2.05. The summed E-state index contributed by atoms with van der Waals surface area (Å²) in [5.41, 5.74) is 0.378. The Hall–Kier alpha value is -0.880. The van der Waals surface area contributed by atoms with Crippen LogP contribution in [0.2, 0.25) is 0 Å². The first-order chi connectivity index (χ1) is 6.12. The van der Waals surface area contributed by atoms with E-state index in [9.17, 15) is 0 Å². The van der Waals surface area contributed by atoms with Crippen molar-refractivity contribution >= 4 is 0 Å². The van der Waals surface area contributed by atoms with Crippen LogP contribution in [0.4, 0.5) is 0 Å². The Bertz CT molecular complexity index is 217. The van der Waals surface area contributed by atoms with E-state index >= 15 is 0 Å². The second-order valence-electron chi connectivity index (χ2n) is 5.25. The third-order valence-corrected chi connectivity index (χ3v) is 1.00. The van der Waals surface area contributed by atoms with E-state index in [1.165, 1.54) is 0 Å². The van der Waals surface area contributed by atoms with Gasteiger partial charge in [-0.05, 0) is 55.4 Å². The van der Waals surface area contributed by atoms with Gasteiger partial charge in [0.2, 0.25) is 0 Å². The first-order valence-electron chi connectivity index (χ1n) is 5.00. The normalized spacial score (nSPS) is 9.71. The zero-order valence-electron chi connectivity index (χ0n) is 11.0. The van der Waals surface area contributed by atoms with Crippen LogP contribution in [0.25, 0.3) is 0 Å². The molecule has 0 saturated carbocycles. The topological polar surface area (TPSA) is 0 Å². The first kappa shape index (κ1) is 15.6. The summed E-state index contributed by atoms with van der Waals surface area (Å²) in [6, 6.07) is 0. The summed E-state index contributed by atoms with van der Waals surface area (Å²) in [5, 5.41) is 0. The molecule has 0 aliphatic heterocycles. The molecule has 14 heavy (non-hydrogen) atoms. The highest BCUT2D eigenvalue weighted by molar-refractivity contribution is 5.04. The minimum atomic E-state index is 0.189. The third kappa shape index (κ3) is 22.5. The Kier molecular flexibility index (Phi) is 7.30. The molecule has 0 fully saturated rings. The maximum atomic E-state index is 3.03. The minimum absolute atomic E-state index is 0.189. The molecule has 0 aliphatic rings. The molecule has 0 heterocycles. The molecule has 0 aliphatic carbocycles. The zero-order valence-corrected chi connectivity index (χ0v) is 11.0. The number of hydrogen-bond donors (Lipinski definition) is 0. The molecule has 0 unspecified atom stereocenters. The molecule has 0 bridgehead atoms. The van der Waals surface area contributed by atoms with Gasteiger partial charge in [0.15, 0.2) is 0 Å². The van der Waals surface area contributed by atoms with Crippen molar-refractivity contribution in [3.8, 4) is 23.7 Å². The summed E-state index contributed by atoms with van der Waals surface area (Å²) in [6.45, 7) is 16.3. The number of rotatable bonds is 0. The lowest BCUT2D eigenvalue weighted by molar-refractivity contribution is 0.570. The van der Waals surface area contributed by atoms with Gasteiger partial charge in [-0.2, -0.15) is 0 Å². The van der Waals surface area contributed by atoms with Crippen molar-refractivity contribution in [2.75, 3.05) is 0 Å². The summed E-state index contributed by atoms with van der Waals surface area (Å²) in [5.74, 6) is 11.8. The average Bonchev–Trinajstić information content (AvgIpc) is 1.81. The van der Waals surface area contributed by atoms with Crippen LogP contribution in [-0.2, 0) is 0 Å². The Morgan fingerprint density at radius 1 is 0.571 bits per heavy atom. The van der Waals surface area contributed by atoms with Crippen LogP contribution < -0.4 is 0 Å². The fourth-order valence-corrected chi connectivity index (χ4v) is 0.750. The predicted molar refractivity (Wildman–Crippen MR) is 65.8 cm³/mol. The summed E-state index contributed by atoms with van der Waals surface area (Å²) >= 11 is 0. The molecule has 0 aromatic carbocycles. The Morgan fingerprint density at radius 3 is 0.786 bits per heavy atom. The summed E-state index contributed by atoms with van der Waals surface area (Å²) < 4.78 is 0. The highest BCUT2D eigenvalue weighted by Crippen LogP contribution is 2.09. The standard InChI is InChI=1S/2C7H12/c2*1-5-6-7(2,3)4/h2*1-4H3. The molecule has 0 spiro atoms. The van der Waals surface area contributed by atoms with E-state index in [4.69, 9.17) is 0 Å². The molecule has 0 atom stereocenters. The van der Waals surface area contributed by atoms with Crippen molar-refractivity contribution in [3.63, 3.8) is 0 Å². The number of hydrogen-bond acceptors (Lipinski definition) is 0. The second-order valence-corrected chi connectivity index (χ2v) is 5.25. The van der Waals surface area contributed by atoms with Crippen molar-refractivity contribution < 1.29 is 0 Å². The van der Waals surface area contributed by atoms with Gasteiger partial charge in [0.1, 0.15) is 0 Å². The largest absolute Gasteiger partial charge is 0.106 e. The van der Waals surface area contributed by atoms with Crippen LogP contribution in [0.15, 0.2) is 0 Å². The predicted octanol–water partition coefficient (Wildman–Crippen LogP) is 4.11. The van der Waals surface area contributed by atoms with Gasteiger partial charge < -0.3 is 0 Å². The maximum absolute atomic E-state index is 3.03. The van der Waals surface area contributed by atoms with Crippen LogP contribution in [-0.4, -0.2) is 0 Å². The van der Waals surface area contributed by atoms with Gasteiger partial charge in [0.25, 0.3) is 0 Å². The van der Waals surface area contributed by atoms with E-state index in [0.717, 1.165) is 0 Å². The van der Waals surface area contributed by atoms with Gasteiger partial charge in [0.05, 0.1) is 0 Å². The van der Waals surface area contributed by atoms with Crippen LogP contribution in [0.1, 0.15) is 55.4 Å². The molecule has 0 heteroatoms. The van der Waals surface area contributed by atoms with Crippen LogP contribution in [0.5, 0.6) is 0 Å². The Balaban J connectivity index is 0. The Morgan fingerprint density at radius 2 is 0.786 bits per heavy atom. The summed E-state index contributed by atoms with van der Waals surface area (Å²) in [6.07, 6.45) is 0. The Labute approximate surface area is 90.5 Å². The van der Waals surface area contributed by atoms with Crippen LogP contribution in [0.3, 0.4) is 0 Å². The van der Waals surface area contributed by atoms with Crippen molar-refractivity contribution in [2.45, 2.75) is 55.4 Å². The van der Waals surface area contributed by atoms with E-state index in [-0.39, 0.29) is 10.8 Å². The molecule has 0 amide bonds. The molecule has 0 saturated heterocycles. The van der Waals surface area contributed by atoms with Gasteiger partial charge in [-0.25, -0.2) is 0 Å². The van der Waals surface area contributed by atoms with E-state index < -0.39 is 0 Å². The van der Waals surface area contributed by atoms with Crippen molar-refractivity contribution in [1.29, 1.82) is 0 Å². The van der Waals surface area contributed by atoms with Gasteiger partial charge >= 0.3 is 0 Å². The molecule has 0 aromatic rings. The van der Waals surface area contributed by atoms with Crippen LogP contribution in [0, 0.1) is 34.5 Å². The van der Waals surface area contributed by atoms with Crippen molar-refractivity contribution in [1.82, 2.24) is 0 Å². The summed E-state index contributed by atoms with van der Waals surface area (Å²) in [7, 11) is 0. The minimum Gasteiger partial charge on any atom is -0.106 e. The molecule has 0 rings (SSSR count). The lowest BCUT2D eigenvalue weighted by Crippen LogP contribution is -1.98. The fraction of sp³-hybridized carbons (Fsp3) is 0.714.